The maximum Gasteiger partial charge on any atom is 0.271 e. The molecule has 7 heteroatoms. The van der Waals surface area contributed by atoms with Gasteiger partial charge < -0.3 is 15.8 Å². The van der Waals surface area contributed by atoms with Gasteiger partial charge in [-0.3, -0.25) is 9.59 Å². The molecule has 0 aliphatic rings. The summed E-state index contributed by atoms with van der Waals surface area (Å²) in [6.45, 7) is 2.09. The lowest BCUT2D eigenvalue weighted by Crippen LogP contribution is -2.26. The Bertz CT molecular complexity index is 783. The summed E-state index contributed by atoms with van der Waals surface area (Å²) in [7, 11) is 1.60. The van der Waals surface area contributed by atoms with Crippen LogP contribution < -0.4 is 21.2 Å². The molecule has 2 rings (SSSR count). The molecule has 0 radical (unpaired) electrons. The van der Waals surface area contributed by atoms with Crippen molar-refractivity contribution in [3.63, 3.8) is 0 Å². The highest BCUT2D eigenvalue weighted by Crippen LogP contribution is 2.11. The van der Waals surface area contributed by atoms with E-state index in [0.29, 0.717) is 23.5 Å². The Balaban J connectivity index is 1.78. The van der Waals surface area contributed by atoms with Gasteiger partial charge in [-0.15, -0.1) is 0 Å². The monoisotopic (exact) mass is 354 g/mol. The molecule has 0 heterocycles. The molecular formula is C19H22N4O3. The first-order valence-electron chi connectivity index (χ1n) is 8.06. The Morgan fingerprint density at radius 2 is 1.73 bits per heavy atom. The Hall–Kier alpha value is -3.35. The van der Waals surface area contributed by atoms with Crippen LogP contribution in [-0.2, 0) is 11.3 Å². The summed E-state index contributed by atoms with van der Waals surface area (Å²) in [6.07, 6.45) is 0.0954. The van der Waals surface area contributed by atoms with Crippen LogP contribution in [0.1, 0.15) is 29.3 Å². The summed E-state index contributed by atoms with van der Waals surface area (Å²) >= 11 is 0. The minimum absolute atomic E-state index is 0.0954. The summed E-state index contributed by atoms with van der Waals surface area (Å²) < 4.78 is 5.09. The molecule has 0 aromatic heterocycles. The van der Waals surface area contributed by atoms with Crippen LogP contribution in [0.25, 0.3) is 0 Å². The number of carbonyl (C=O) groups excluding carboxylic acids is 2. The fourth-order valence-electron chi connectivity index (χ4n) is 2.12. The van der Waals surface area contributed by atoms with Crippen molar-refractivity contribution in [1.29, 1.82) is 0 Å². The fourth-order valence-corrected chi connectivity index (χ4v) is 2.12. The lowest BCUT2D eigenvalue weighted by molar-refractivity contribution is -0.120. The Morgan fingerprint density at radius 3 is 2.35 bits per heavy atom. The number of benzene rings is 2. The van der Waals surface area contributed by atoms with Crippen LogP contribution in [-0.4, -0.2) is 24.6 Å². The summed E-state index contributed by atoms with van der Waals surface area (Å²) in [5.74, 6) is 0.228. The van der Waals surface area contributed by atoms with E-state index in [9.17, 15) is 9.59 Å². The Kier molecular flexibility index (Phi) is 6.73. The topological polar surface area (TPSA) is 106 Å². The van der Waals surface area contributed by atoms with Crippen LogP contribution in [0.3, 0.4) is 0 Å². The number of hydrogen-bond donors (Lipinski definition) is 3. The number of nitrogens with zero attached hydrogens (tertiary/aromatic N) is 1. The van der Waals surface area contributed by atoms with Gasteiger partial charge in [0.2, 0.25) is 5.91 Å². The first-order chi connectivity index (χ1) is 12.5. The quantitative estimate of drug-likeness (QED) is 0.402. The first-order valence-corrected chi connectivity index (χ1v) is 8.06. The number of carbonyl (C=O) groups is 2. The smallest absolute Gasteiger partial charge is 0.271 e. The van der Waals surface area contributed by atoms with Gasteiger partial charge in [0, 0.05) is 23.5 Å². The van der Waals surface area contributed by atoms with Crippen LogP contribution in [0.5, 0.6) is 5.75 Å². The Labute approximate surface area is 152 Å². The predicted octanol–water partition coefficient (Wildman–Crippen LogP) is 2.09. The lowest BCUT2D eigenvalue weighted by Gasteiger charge is -2.07. The molecule has 0 aliphatic heterocycles. The number of ether oxygens (including phenoxy) is 1. The van der Waals surface area contributed by atoms with Gasteiger partial charge in [-0.05, 0) is 48.9 Å². The predicted molar refractivity (Wildman–Crippen MR) is 101 cm³/mol. The summed E-state index contributed by atoms with van der Waals surface area (Å²) in [4.78, 5) is 23.9. The number of amides is 2. The first kappa shape index (κ1) is 19.0. The van der Waals surface area contributed by atoms with E-state index in [1.807, 2.05) is 24.3 Å². The van der Waals surface area contributed by atoms with Crippen molar-refractivity contribution in [2.24, 2.45) is 5.10 Å². The van der Waals surface area contributed by atoms with E-state index in [1.54, 1.807) is 38.3 Å². The van der Waals surface area contributed by atoms with Gasteiger partial charge in [0.15, 0.2) is 0 Å². The highest BCUT2D eigenvalue weighted by atomic mass is 16.5. The minimum atomic E-state index is -0.358. The van der Waals surface area contributed by atoms with Crippen molar-refractivity contribution in [2.45, 2.75) is 19.9 Å². The standard InChI is InChI=1S/C19H22N4O3/c1-13(22-23-19(25)15-5-7-16(20)8-6-15)11-18(24)21-12-14-3-9-17(26-2)10-4-14/h3-10H,11-12,20H2,1-2H3,(H,21,24)(H,23,25). The van der Waals surface area contributed by atoms with Crippen LogP contribution in [0.4, 0.5) is 5.69 Å². The largest absolute Gasteiger partial charge is 0.497 e. The zero-order valence-electron chi connectivity index (χ0n) is 14.8. The molecular weight excluding hydrogens is 332 g/mol. The summed E-state index contributed by atoms with van der Waals surface area (Å²) in [5, 5.41) is 6.75. The van der Waals surface area contributed by atoms with Crippen LogP contribution in [0, 0.1) is 0 Å². The maximum atomic E-state index is 12.0. The molecule has 26 heavy (non-hydrogen) atoms. The molecule has 4 N–H and O–H groups in total. The van der Waals surface area contributed by atoms with Crippen LogP contribution in [0.15, 0.2) is 53.6 Å². The van der Waals surface area contributed by atoms with Crippen LogP contribution >= 0.6 is 0 Å². The molecule has 0 aliphatic carbocycles. The van der Waals surface area contributed by atoms with Gasteiger partial charge in [-0.2, -0.15) is 5.10 Å². The van der Waals surface area contributed by atoms with E-state index in [1.165, 1.54) is 0 Å². The third-order valence-corrected chi connectivity index (χ3v) is 3.59. The van der Waals surface area contributed by atoms with Gasteiger partial charge in [0.05, 0.1) is 13.5 Å². The number of nitrogen functional groups attached to an aromatic ring is 1. The maximum absolute atomic E-state index is 12.0. The van der Waals surface area contributed by atoms with Crippen molar-refractivity contribution in [3.8, 4) is 5.75 Å². The zero-order chi connectivity index (χ0) is 18.9. The number of anilines is 1. The summed E-state index contributed by atoms with van der Waals surface area (Å²) in [6, 6.07) is 13.9. The van der Waals surface area contributed by atoms with E-state index < -0.39 is 0 Å². The molecule has 2 amide bonds. The third-order valence-electron chi connectivity index (χ3n) is 3.59. The van der Waals surface area contributed by atoms with Gasteiger partial charge in [0.25, 0.3) is 5.91 Å². The van der Waals surface area contributed by atoms with Crippen molar-refractivity contribution in [2.75, 3.05) is 12.8 Å². The van der Waals surface area contributed by atoms with Crippen molar-refractivity contribution in [1.82, 2.24) is 10.7 Å². The van der Waals surface area contributed by atoms with E-state index in [4.69, 9.17) is 10.5 Å². The molecule has 0 bridgehead atoms. The highest BCUT2D eigenvalue weighted by Gasteiger charge is 2.07. The molecule has 0 atom stereocenters. The zero-order valence-corrected chi connectivity index (χ0v) is 14.8. The molecule has 2 aromatic carbocycles. The number of methoxy groups -OCH3 is 1. The number of hydrazone groups is 1. The van der Waals surface area contributed by atoms with E-state index in [-0.39, 0.29) is 18.2 Å². The van der Waals surface area contributed by atoms with Crippen molar-refractivity contribution < 1.29 is 14.3 Å². The molecule has 7 nitrogen and oxygen atoms in total. The number of hydrogen-bond acceptors (Lipinski definition) is 5. The highest BCUT2D eigenvalue weighted by molar-refractivity contribution is 6.01. The Morgan fingerprint density at radius 1 is 1.08 bits per heavy atom. The van der Waals surface area contributed by atoms with Crippen LogP contribution in [0.2, 0.25) is 0 Å². The number of nitrogens with one attached hydrogen (secondary N) is 2. The van der Waals surface area contributed by atoms with E-state index in [0.717, 1.165) is 11.3 Å². The second-order valence-corrected chi connectivity index (χ2v) is 5.71. The van der Waals surface area contributed by atoms with Crippen molar-refractivity contribution in [3.05, 3.63) is 59.7 Å². The fraction of sp³-hybridized carbons (Fsp3) is 0.211. The van der Waals surface area contributed by atoms with Gasteiger partial charge >= 0.3 is 0 Å². The average Bonchev–Trinajstić information content (AvgIpc) is 2.65. The van der Waals surface area contributed by atoms with Gasteiger partial charge in [-0.25, -0.2) is 5.43 Å². The molecule has 136 valence electrons. The average molecular weight is 354 g/mol. The number of nitrogens with two attached hydrogens (primary N) is 1. The molecule has 0 spiro atoms. The van der Waals surface area contributed by atoms with Crippen molar-refractivity contribution >= 4 is 23.2 Å². The number of rotatable bonds is 7. The minimum Gasteiger partial charge on any atom is -0.497 e. The van der Waals surface area contributed by atoms with Gasteiger partial charge in [0.1, 0.15) is 5.75 Å². The van der Waals surface area contributed by atoms with E-state index in [2.05, 4.69) is 15.8 Å². The van der Waals surface area contributed by atoms with E-state index >= 15 is 0 Å². The summed E-state index contributed by atoms with van der Waals surface area (Å²) in [5.41, 5.74) is 10.5. The second kappa shape index (κ2) is 9.22. The molecule has 0 saturated carbocycles. The molecule has 0 unspecified atom stereocenters. The second-order valence-electron chi connectivity index (χ2n) is 5.71. The third kappa shape index (κ3) is 5.94. The molecule has 0 fully saturated rings. The normalized spacial score (nSPS) is 10.9. The molecule has 0 saturated heterocycles. The lowest BCUT2D eigenvalue weighted by atomic mass is 10.2. The molecule has 2 aromatic rings. The van der Waals surface area contributed by atoms with Gasteiger partial charge in [-0.1, -0.05) is 12.1 Å². The SMILES string of the molecule is COc1ccc(CNC(=O)CC(C)=NNC(=O)c2ccc(N)cc2)cc1.